The van der Waals surface area contributed by atoms with E-state index >= 15 is 0 Å². The van der Waals surface area contributed by atoms with Crippen LogP contribution in [-0.2, 0) is 0 Å². The van der Waals surface area contributed by atoms with Crippen molar-refractivity contribution in [3.63, 3.8) is 0 Å². The largest absolute Gasteiger partial charge is 0.855 e. The van der Waals surface area contributed by atoms with Crippen molar-refractivity contribution in [2.24, 2.45) is 0 Å². The fraction of sp³-hybridized carbons (Fsp3) is 0.0667. The van der Waals surface area contributed by atoms with Crippen LogP contribution in [0.5, 0.6) is 0 Å². The summed E-state index contributed by atoms with van der Waals surface area (Å²) in [5.74, 6) is 0. The van der Waals surface area contributed by atoms with Crippen molar-refractivity contribution in [1.82, 2.24) is 0 Å². The number of benzene rings is 5. The highest BCUT2D eigenvalue weighted by molar-refractivity contribution is 8.01. The van der Waals surface area contributed by atoms with E-state index in [1.54, 1.807) is 6.92 Å². The van der Waals surface area contributed by atoms with Crippen LogP contribution < -0.4 is 26.3 Å². The van der Waals surface area contributed by atoms with E-state index in [0.29, 0.717) is 0 Å². The van der Waals surface area contributed by atoms with Crippen molar-refractivity contribution in [2.75, 3.05) is 6.61 Å². The Balaban J connectivity index is 0.000000775. The average molecular weight is 435 g/mol. The molecule has 0 unspecified atom stereocenters. The Hall–Kier alpha value is -3.25. The zero-order chi connectivity index (χ0) is 22.2. The number of hydrogen-bond acceptors (Lipinski definition) is 1. The molecule has 0 bridgehead atoms. The van der Waals surface area contributed by atoms with Gasteiger partial charge in [0.2, 0.25) is 0 Å². The Labute approximate surface area is 191 Å². The third kappa shape index (κ3) is 4.10. The van der Waals surface area contributed by atoms with Gasteiger partial charge in [-0.2, -0.15) is 0 Å². The van der Waals surface area contributed by atoms with Gasteiger partial charge in [-0.25, -0.2) is 0 Å². The van der Waals surface area contributed by atoms with Gasteiger partial charge in [-0.3, -0.25) is 0 Å². The molecule has 0 amide bonds. The summed E-state index contributed by atoms with van der Waals surface area (Å²) in [7, 11) is -2.05. The van der Waals surface area contributed by atoms with Crippen molar-refractivity contribution in [3.05, 3.63) is 133 Å². The Kier molecular flexibility index (Phi) is 7.12. The van der Waals surface area contributed by atoms with E-state index < -0.39 is 7.26 Å². The summed E-state index contributed by atoms with van der Waals surface area (Å²) in [4.78, 5) is 0. The Morgan fingerprint density at radius 1 is 0.500 bits per heavy atom. The highest BCUT2D eigenvalue weighted by atomic mass is 31.2. The first kappa shape index (κ1) is 22.0. The molecule has 158 valence electrons. The van der Waals surface area contributed by atoms with Crippen molar-refractivity contribution in [1.29, 1.82) is 0 Å². The van der Waals surface area contributed by atoms with E-state index in [0.717, 1.165) is 0 Å². The highest BCUT2D eigenvalue weighted by Crippen LogP contribution is 2.55. The molecule has 0 saturated carbocycles. The predicted molar refractivity (Wildman–Crippen MR) is 139 cm³/mol. The van der Waals surface area contributed by atoms with E-state index in [4.69, 9.17) is 5.11 Å². The maximum Gasteiger partial charge on any atom is 0.144 e. The summed E-state index contributed by atoms with van der Waals surface area (Å²) in [6.45, 7) is 1.57. The molecule has 0 radical (unpaired) electrons. The summed E-state index contributed by atoms with van der Waals surface area (Å²) >= 11 is 0. The van der Waals surface area contributed by atoms with Gasteiger partial charge in [-0.05, 0) is 47.9 Å². The van der Waals surface area contributed by atoms with Gasteiger partial charge < -0.3 is 5.11 Å². The molecule has 0 aliphatic heterocycles. The molecule has 0 heterocycles. The zero-order valence-electron chi connectivity index (χ0n) is 18.3. The molecule has 0 saturated heterocycles. The highest BCUT2D eigenvalue weighted by Gasteiger charge is 2.48. The van der Waals surface area contributed by atoms with Gasteiger partial charge in [0.25, 0.3) is 0 Å². The quantitative estimate of drug-likeness (QED) is 0.372. The van der Waals surface area contributed by atoms with E-state index in [9.17, 15) is 0 Å². The molecule has 0 aliphatic carbocycles. The molecule has 1 nitrogen and oxygen atoms in total. The molecule has 0 atom stereocenters. The smallest absolute Gasteiger partial charge is 0.144 e. The van der Waals surface area contributed by atoms with Gasteiger partial charge in [0.05, 0.1) is 0 Å². The maximum absolute atomic E-state index is 8.93. The number of rotatable bonds is 4. The molecular formula is C30H27OP. The monoisotopic (exact) mass is 434 g/mol. The molecule has 2 heteroatoms. The van der Waals surface area contributed by atoms with Gasteiger partial charge in [0.1, 0.15) is 28.5 Å². The number of hydrogen-bond donors (Lipinski definition) is 0. The van der Waals surface area contributed by atoms with Gasteiger partial charge in [-0.1, -0.05) is 97.9 Å². The van der Waals surface area contributed by atoms with E-state index in [-0.39, 0.29) is 6.61 Å². The summed E-state index contributed by atoms with van der Waals surface area (Å²) in [5.41, 5.74) is 0. The lowest BCUT2D eigenvalue weighted by atomic mass is 10.1. The average Bonchev–Trinajstić information content (AvgIpc) is 2.87. The second-order valence-corrected chi connectivity index (χ2v) is 10.8. The van der Waals surface area contributed by atoms with Gasteiger partial charge in [0, 0.05) is 5.39 Å². The van der Waals surface area contributed by atoms with E-state index in [1.165, 1.54) is 32.0 Å². The topological polar surface area (TPSA) is 23.1 Å². The Morgan fingerprint density at radius 2 is 0.875 bits per heavy atom. The van der Waals surface area contributed by atoms with Crippen LogP contribution in [-0.4, -0.2) is 6.61 Å². The minimum Gasteiger partial charge on any atom is -0.855 e. The summed E-state index contributed by atoms with van der Waals surface area (Å²) in [6, 6.07) is 48.7. The van der Waals surface area contributed by atoms with Crippen LogP contribution in [0.1, 0.15) is 6.92 Å². The molecule has 5 rings (SSSR count). The lowest BCUT2D eigenvalue weighted by Crippen LogP contribution is -2.38. The molecule has 32 heavy (non-hydrogen) atoms. The first-order chi connectivity index (χ1) is 15.8. The Bertz CT molecular complexity index is 1150. The molecule has 0 aromatic heterocycles. The van der Waals surface area contributed by atoms with Gasteiger partial charge >= 0.3 is 0 Å². The predicted octanol–water partition coefficient (Wildman–Crippen LogP) is 4.83. The fourth-order valence-corrected chi connectivity index (χ4v) is 8.78. The van der Waals surface area contributed by atoms with Crippen LogP contribution in [0.4, 0.5) is 0 Å². The first-order valence-corrected chi connectivity index (χ1v) is 12.7. The summed E-state index contributed by atoms with van der Waals surface area (Å²) < 4.78 is 0. The number of fused-ring (bicyclic) bond motifs is 1. The maximum atomic E-state index is 8.93. The van der Waals surface area contributed by atoms with Crippen LogP contribution >= 0.6 is 7.26 Å². The summed E-state index contributed by atoms with van der Waals surface area (Å²) in [6.07, 6.45) is 0. The minimum atomic E-state index is -2.05. The van der Waals surface area contributed by atoms with Crippen LogP contribution in [0.3, 0.4) is 0 Å². The third-order valence-corrected chi connectivity index (χ3v) is 9.89. The SMILES string of the molecule is CC[O-].c1ccc([P+](c2ccccc2)(c2ccccc2)c2cccc3ccccc23)cc1. The molecule has 0 fully saturated rings. The molecule has 0 spiro atoms. The van der Waals surface area contributed by atoms with Crippen LogP contribution in [0.25, 0.3) is 10.8 Å². The zero-order valence-corrected chi connectivity index (χ0v) is 19.2. The second kappa shape index (κ2) is 10.4. The standard InChI is InChI=1S/C28H22P.C2H5O/c1-4-15-24(16-5-1)29(25-17-6-2-7-18-25,26-19-8-3-9-20-26)28-22-12-14-23-13-10-11-21-27(23)28;1-2-3/h1-22H;2H2,1H3/q+1;-1. The normalized spacial score (nSPS) is 10.9. The van der Waals surface area contributed by atoms with Crippen molar-refractivity contribution < 1.29 is 5.11 Å². The fourth-order valence-electron chi connectivity index (χ4n) is 4.32. The van der Waals surface area contributed by atoms with Crippen LogP contribution in [0.2, 0.25) is 0 Å². The van der Waals surface area contributed by atoms with Crippen molar-refractivity contribution in [2.45, 2.75) is 6.92 Å². The van der Waals surface area contributed by atoms with Crippen molar-refractivity contribution in [3.8, 4) is 0 Å². The lowest BCUT2D eigenvalue weighted by Gasteiger charge is -2.28. The second-order valence-electron chi connectivity index (χ2n) is 7.46. The van der Waals surface area contributed by atoms with Gasteiger partial charge in [-0.15, -0.1) is 6.61 Å². The minimum absolute atomic E-state index is 0. The summed E-state index contributed by atoms with van der Waals surface area (Å²) in [5, 5.41) is 17.1. The lowest BCUT2D eigenvalue weighted by molar-refractivity contribution is -0.361. The molecule has 5 aromatic rings. The van der Waals surface area contributed by atoms with E-state index in [1.807, 2.05) is 0 Å². The van der Waals surface area contributed by atoms with E-state index in [2.05, 4.69) is 133 Å². The third-order valence-electron chi connectivity index (χ3n) is 5.56. The van der Waals surface area contributed by atoms with Crippen molar-refractivity contribution >= 4 is 39.3 Å². The van der Waals surface area contributed by atoms with Gasteiger partial charge in [0.15, 0.2) is 0 Å². The molecule has 0 aliphatic rings. The Morgan fingerprint density at radius 3 is 1.34 bits per heavy atom. The van der Waals surface area contributed by atoms with Crippen LogP contribution in [0.15, 0.2) is 133 Å². The van der Waals surface area contributed by atoms with Crippen LogP contribution in [0, 0.1) is 0 Å². The first-order valence-electron chi connectivity index (χ1n) is 10.9. The molecular weight excluding hydrogens is 407 g/mol. The molecule has 0 N–H and O–H groups in total. The molecule has 5 aromatic carbocycles.